The van der Waals surface area contributed by atoms with Crippen LogP contribution in [0.3, 0.4) is 0 Å². The van der Waals surface area contributed by atoms with Gasteiger partial charge in [-0.2, -0.15) is 0 Å². The van der Waals surface area contributed by atoms with Crippen molar-refractivity contribution >= 4 is 18.3 Å². The zero-order chi connectivity index (χ0) is 13.4. The summed E-state index contributed by atoms with van der Waals surface area (Å²) >= 11 is 0. The first kappa shape index (κ1) is 17.9. The second-order valence-corrected chi connectivity index (χ2v) is 4.55. The van der Waals surface area contributed by atoms with E-state index in [2.05, 4.69) is 5.48 Å². The van der Waals surface area contributed by atoms with Crippen LogP contribution in [0.2, 0.25) is 0 Å². The lowest BCUT2D eigenvalue weighted by atomic mass is 9.90. The Labute approximate surface area is 121 Å². The van der Waals surface area contributed by atoms with Gasteiger partial charge in [0.15, 0.2) is 0 Å². The van der Waals surface area contributed by atoms with E-state index >= 15 is 0 Å². The van der Waals surface area contributed by atoms with E-state index < -0.39 is 5.54 Å². The van der Waals surface area contributed by atoms with Gasteiger partial charge in [-0.3, -0.25) is 9.63 Å². The van der Waals surface area contributed by atoms with E-state index in [1.54, 1.807) is 0 Å². The van der Waals surface area contributed by atoms with Crippen LogP contribution in [0.4, 0.5) is 0 Å². The fraction of sp³-hybridized carbons (Fsp3) is 0.500. The SMILES string of the molecule is CCC(N)(CC)CC(=O)NOCc1ccccc1.Cl. The summed E-state index contributed by atoms with van der Waals surface area (Å²) in [5, 5.41) is 0. The van der Waals surface area contributed by atoms with E-state index in [-0.39, 0.29) is 24.7 Å². The highest BCUT2D eigenvalue weighted by atomic mass is 35.5. The molecular formula is C14H23ClN2O2. The van der Waals surface area contributed by atoms with E-state index in [1.807, 2.05) is 44.2 Å². The first-order chi connectivity index (χ1) is 8.59. The van der Waals surface area contributed by atoms with Crippen LogP contribution < -0.4 is 11.2 Å². The Balaban J connectivity index is 0.00000324. The number of hydrogen-bond acceptors (Lipinski definition) is 3. The Morgan fingerprint density at radius 3 is 2.37 bits per heavy atom. The molecule has 0 aliphatic rings. The van der Waals surface area contributed by atoms with Gasteiger partial charge in [-0.15, -0.1) is 12.4 Å². The fourth-order valence-corrected chi connectivity index (χ4v) is 1.63. The van der Waals surface area contributed by atoms with Crippen LogP contribution in [0.1, 0.15) is 38.7 Å². The summed E-state index contributed by atoms with van der Waals surface area (Å²) < 4.78 is 0. The number of rotatable bonds is 7. The van der Waals surface area contributed by atoms with Crippen molar-refractivity contribution in [1.29, 1.82) is 0 Å². The molecule has 1 amide bonds. The molecule has 5 heteroatoms. The molecule has 0 spiro atoms. The Morgan fingerprint density at radius 2 is 1.84 bits per heavy atom. The first-order valence-electron chi connectivity index (χ1n) is 6.33. The van der Waals surface area contributed by atoms with Crippen LogP contribution in [-0.2, 0) is 16.2 Å². The number of nitrogens with one attached hydrogen (secondary N) is 1. The van der Waals surface area contributed by atoms with Crippen molar-refractivity contribution in [2.45, 2.75) is 45.3 Å². The molecule has 0 saturated carbocycles. The molecule has 1 rings (SSSR count). The van der Waals surface area contributed by atoms with Crippen LogP contribution in [-0.4, -0.2) is 11.4 Å². The Kier molecular flexibility index (Phi) is 8.39. The highest BCUT2D eigenvalue weighted by molar-refractivity contribution is 5.85. The van der Waals surface area contributed by atoms with Crippen LogP contribution >= 0.6 is 12.4 Å². The third-order valence-corrected chi connectivity index (χ3v) is 3.19. The summed E-state index contributed by atoms with van der Waals surface area (Å²) in [4.78, 5) is 16.8. The van der Waals surface area contributed by atoms with Gasteiger partial charge < -0.3 is 5.73 Å². The van der Waals surface area contributed by atoms with Crippen LogP contribution in [0.5, 0.6) is 0 Å². The second kappa shape index (κ2) is 8.91. The van der Waals surface area contributed by atoms with Gasteiger partial charge in [-0.1, -0.05) is 44.2 Å². The first-order valence-corrected chi connectivity index (χ1v) is 6.33. The predicted octanol–water partition coefficient (Wildman–Crippen LogP) is 2.56. The van der Waals surface area contributed by atoms with Crippen molar-refractivity contribution < 1.29 is 9.63 Å². The molecule has 0 radical (unpaired) electrons. The topological polar surface area (TPSA) is 64.4 Å². The number of benzene rings is 1. The molecule has 0 unspecified atom stereocenters. The normalized spacial score (nSPS) is 10.7. The standard InChI is InChI=1S/C14H22N2O2.ClH/c1-3-14(15,4-2)10-13(17)16-18-11-12-8-6-5-7-9-12;/h5-9H,3-4,10-11,15H2,1-2H3,(H,16,17);1H. The Morgan fingerprint density at radius 1 is 1.26 bits per heavy atom. The molecule has 0 heterocycles. The van der Waals surface area contributed by atoms with Gasteiger partial charge in [0.1, 0.15) is 0 Å². The summed E-state index contributed by atoms with van der Waals surface area (Å²) in [6, 6.07) is 9.68. The van der Waals surface area contributed by atoms with E-state index in [9.17, 15) is 4.79 Å². The molecule has 0 aliphatic carbocycles. The van der Waals surface area contributed by atoms with Crippen molar-refractivity contribution in [3.8, 4) is 0 Å². The molecule has 1 aromatic rings. The van der Waals surface area contributed by atoms with Crippen molar-refractivity contribution in [3.05, 3.63) is 35.9 Å². The molecule has 4 nitrogen and oxygen atoms in total. The zero-order valence-corrected chi connectivity index (χ0v) is 12.3. The summed E-state index contributed by atoms with van der Waals surface area (Å²) in [6.45, 7) is 4.34. The van der Waals surface area contributed by atoms with E-state index in [1.165, 1.54) is 0 Å². The van der Waals surface area contributed by atoms with Crippen molar-refractivity contribution in [2.24, 2.45) is 5.73 Å². The van der Waals surface area contributed by atoms with Gasteiger partial charge in [0.25, 0.3) is 0 Å². The minimum Gasteiger partial charge on any atom is -0.325 e. The van der Waals surface area contributed by atoms with Crippen molar-refractivity contribution in [2.75, 3.05) is 0 Å². The molecule has 0 aliphatic heterocycles. The third kappa shape index (κ3) is 6.57. The third-order valence-electron chi connectivity index (χ3n) is 3.19. The predicted molar refractivity (Wildman–Crippen MR) is 78.7 cm³/mol. The Hall–Kier alpha value is -1.10. The maximum Gasteiger partial charge on any atom is 0.245 e. The van der Waals surface area contributed by atoms with Gasteiger partial charge in [-0.25, -0.2) is 5.48 Å². The Bertz CT molecular complexity index is 367. The second-order valence-electron chi connectivity index (χ2n) is 4.55. The highest BCUT2D eigenvalue weighted by Gasteiger charge is 2.23. The number of carbonyl (C=O) groups excluding carboxylic acids is 1. The number of hydrogen-bond donors (Lipinski definition) is 2. The lowest BCUT2D eigenvalue weighted by Crippen LogP contribution is -2.43. The number of carbonyl (C=O) groups is 1. The van der Waals surface area contributed by atoms with Crippen LogP contribution in [0.15, 0.2) is 30.3 Å². The lowest BCUT2D eigenvalue weighted by molar-refractivity contribution is -0.135. The molecule has 0 aromatic heterocycles. The van der Waals surface area contributed by atoms with E-state index in [4.69, 9.17) is 10.6 Å². The minimum atomic E-state index is -0.430. The monoisotopic (exact) mass is 286 g/mol. The molecule has 0 bridgehead atoms. The zero-order valence-electron chi connectivity index (χ0n) is 11.5. The summed E-state index contributed by atoms with van der Waals surface area (Å²) in [6.07, 6.45) is 1.83. The molecule has 0 fully saturated rings. The quantitative estimate of drug-likeness (QED) is 0.757. The van der Waals surface area contributed by atoms with E-state index in [0.29, 0.717) is 6.61 Å². The van der Waals surface area contributed by atoms with Gasteiger partial charge in [0.2, 0.25) is 5.91 Å². The maximum atomic E-state index is 11.7. The van der Waals surface area contributed by atoms with Gasteiger partial charge in [0, 0.05) is 12.0 Å². The van der Waals surface area contributed by atoms with Gasteiger partial charge >= 0.3 is 0 Å². The largest absolute Gasteiger partial charge is 0.325 e. The maximum absolute atomic E-state index is 11.7. The fourth-order valence-electron chi connectivity index (χ4n) is 1.63. The number of hydroxylamine groups is 1. The number of halogens is 1. The van der Waals surface area contributed by atoms with Gasteiger partial charge in [0.05, 0.1) is 6.61 Å². The summed E-state index contributed by atoms with van der Waals surface area (Å²) in [7, 11) is 0. The molecular weight excluding hydrogens is 264 g/mol. The van der Waals surface area contributed by atoms with Crippen LogP contribution in [0, 0.1) is 0 Å². The van der Waals surface area contributed by atoms with Crippen molar-refractivity contribution in [1.82, 2.24) is 5.48 Å². The smallest absolute Gasteiger partial charge is 0.245 e. The average Bonchev–Trinajstić information content (AvgIpc) is 2.40. The summed E-state index contributed by atoms with van der Waals surface area (Å²) in [5.41, 5.74) is 9.09. The van der Waals surface area contributed by atoms with Gasteiger partial charge in [-0.05, 0) is 18.4 Å². The molecule has 3 N–H and O–H groups in total. The molecule has 108 valence electrons. The number of nitrogens with two attached hydrogens (primary N) is 1. The minimum absolute atomic E-state index is 0. The highest BCUT2D eigenvalue weighted by Crippen LogP contribution is 2.15. The lowest BCUT2D eigenvalue weighted by Gasteiger charge is -2.25. The van der Waals surface area contributed by atoms with Crippen molar-refractivity contribution in [3.63, 3.8) is 0 Å². The average molecular weight is 287 g/mol. The molecule has 19 heavy (non-hydrogen) atoms. The van der Waals surface area contributed by atoms with E-state index in [0.717, 1.165) is 18.4 Å². The number of amides is 1. The summed E-state index contributed by atoms with van der Waals surface area (Å²) in [5.74, 6) is -0.169. The van der Waals surface area contributed by atoms with Crippen LogP contribution in [0.25, 0.3) is 0 Å². The molecule has 0 saturated heterocycles. The molecule has 0 atom stereocenters. The molecule has 1 aromatic carbocycles.